The topological polar surface area (TPSA) is 55.4 Å². The van der Waals surface area contributed by atoms with E-state index in [9.17, 15) is 9.59 Å². The Labute approximate surface area is 158 Å². The van der Waals surface area contributed by atoms with E-state index in [2.05, 4.69) is 26.1 Å². The van der Waals surface area contributed by atoms with Gasteiger partial charge in [-0.1, -0.05) is 39.0 Å². The van der Waals surface area contributed by atoms with E-state index in [1.165, 1.54) is 23.3 Å². The van der Waals surface area contributed by atoms with Gasteiger partial charge in [-0.25, -0.2) is 4.79 Å². The molecule has 2 aromatic rings. The van der Waals surface area contributed by atoms with Crippen molar-refractivity contribution in [2.45, 2.75) is 40.0 Å². The summed E-state index contributed by atoms with van der Waals surface area (Å²) in [6.45, 7) is 6.78. The van der Waals surface area contributed by atoms with Gasteiger partial charge >= 0.3 is 5.97 Å². The highest BCUT2D eigenvalue weighted by Crippen LogP contribution is 2.44. The van der Waals surface area contributed by atoms with Crippen molar-refractivity contribution in [3.05, 3.63) is 51.9 Å². The van der Waals surface area contributed by atoms with E-state index >= 15 is 0 Å². The van der Waals surface area contributed by atoms with Crippen LogP contribution in [0.15, 0.2) is 30.3 Å². The van der Waals surface area contributed by atoms with Gasteiger partial charge in [0.15, 0.2) is 0 Å². The van der Waals surface area contributed by atoms with Gasteiger partial charge in [0.2, 0.25) is 0 Å². The molecule has 138 valence electrons. The van der Waals surface area contributed by atoms with Crippen LogP contribution in [0.2, 0.25) is 0 Å². The summed E-state index contributed by atoms with van der Waals surface area (Å²) in [4.78, 5) is 26.1. The molecule has 1 aromatic carbocycles. The molecule has 1 aromatic heterocycles. The van der Waals surface area contributed by atoms with Crippen molar-refractivity contribution in [3.63, 3.8) is 0 Å². The van der Waals surface area contributed by atoms with Crippen molar-refractivity contribution in [1.82, 2.24) is 0 Å². The van der Waals surface area contributed by atoms with Gasteiger partial charge in [0.25, 0.3) is 5.91 Å². The van der Waals surface area contributed by atoms with E-state index in [-0.39, 0.29) is 17.3 Å². The second-order valence-corrected chi connectivity index (χ2v) is 8.93. The average Bonchev–Trinajstić information content (AvgIpc) is 2.98. The normalized spacial score (nSPS) is 16.7. The maximum atomic E-state index is 12.6. The number of rotatable bonds is 3. The van der Waals surface area contributed by atoms with E-state index in [0.717, 1.165) is 24.8 Å². The van der Waals surface area contributed by atoms with Gasteiger partial charge in [-0.05, 0) is 48.3 Å². The van der Waals surface area contributed by atoms with Gasteiger partial charge in [0, 0.05) is 10.4 Å². The molecule has 1 aliphatic carbocycles. The number of methoxy groups -OCH3 is 1. The molecule has 0 fully saturated rings. The number of hydrogen-bond acceptors (Lipinski definition) is 4. The summed E-state index contributed by atoms with van der Waals surface area (Å²) in [5.74, 6) is -0.0152. The molecule has 5 heteroatoms. The second-order valence-electron chi connectivity index (χ2n) is 7.83. The van der Waals surface area contributed by atoms with Crippen LogP contribution in [0.25, 0.3) is 0 Å². The summed E-state index contributed by atoms with van der Waals surface area (Å²) in [6.07, 6.45) is 2.83. The van der Waals surface area contributed by atoms with Crippen LogP contribution in [0.5, 0.6) is 0 Å². The summed E-state index contributed by atoms with van der Waals surface area (Å²) in [5, 5.41) is 3.53. The van der Waals surface area contributed by atoms with Crippen LogP contribution in [0.4, 0.5) is 5.00 Å². The molecule has 3 rings (SSSR count). The lowest BCUT2D eigenvalue weighted by atomic mass is 9.72. The third-order valence-electron chi connectivity index (χ3n) is 5.14. The Balaban J connectivity index is 1.94. The lowest BCUT2D eigenvalue weighted by Gasteiger charge is -2.33. The predicted molar refractivity (Wildman–Crippen MR) is 105 cm³/mol. The molecule has 0 aliphatic heterocycles. The van der Waals surface area contributed by atoms with Crippen molar-refractivity contribution >= 4 is 28.2 Å². The zero-order valence-corrected chi connectivity index (χ0v) is 16.5. The first kappa shape index (κ1) is 18.6. The first-order chi connectivity index (χ1) is 12.3. The van der Waals surface area contributed by atoms with Crippen LogP contribution in [0, 0.1) is 11.3 Å². The maximum absolute atomic E-state index is 12.6. The molecule has 1 aliphatic rings. The number of esters is 1. The van der Waals surface area contributed by atoms with Crippen LogP contribution >= 0.6 is 11.3 Å². The second kappa shape index (κ2) is 7.23. The fraction of sp³-hybridized carbons (Fsp3) is 0.429. The van der Waals surface area contributed by atoms with E-state index in [0.29, 0.717) is 22.0 Å². The molecule has 0 bridgehead atoms. The van der Waals surface area contributed by atoms with Gasteiger partial charge < -0.3 is 10.1 Å². The zero-order valence-electron chi connectivity index (χ0n) is 15.7. The molecule has 0 saturated carbocycles. The number of ether oxygens (including phenoxy) is 1. The highest BCUT2D eigenvalue weighted by molar-refractivity contribution is 7.17. The van der Waals surface area contributed by atoms with Crippen molar-refractivity contribution in [1.29, 1.82) is 0 Å². The molecule has 0 saturated heterocycles. The quantitative estimate of drug-likeness (QED) is 0.778. The Morgan fingerprint density at radius 2 is 1.88 bits per heavy atom. The van der Waals surface area contributed by atoms with Gasteiger partial charge in [0.1, 0.15) is 5.00 Å². The highest BCUT2D eigenvalue weighted by Gasteiger charge is 2.34. The lowest BCUT2D eigenvalue weighted by Crippen LogP contribution is -2.26. The number of carbonyl (C=O) groups is 2. The van der Waals surface area contributed by atoms with Crippen LogP contribution in [-0.2, 0) is 17.6 Å². The van der Waals surface area contributed by atoms with Crippen LogP contribution < -0.4 is 5.32 Å². The lowest BCUT2D eigenvalue weighted by molar-refractivity contribution is 0.0600. The Morgan fingerprint density at radius 3 is 2.50 bits per heavy atom. The summed E-state index contributed by atoms with van der Waals surface area (Å²) in [7, 11) is 1.38. The highest BCUT2D eigenvalue weighted by atomic mass is 32.1. The summed E-state index contributed by atoms with van der Waals surface area (Å²) >= 11 is 1.52. The molecule has 0 radical (unpaired) electrons. The zero-order chi connectivity index (χ0) is 18.9. The molecule has 1 atom stereocenters. The van der Waals surface area contributed by atoms with E-state index in [4.69, 9.17) is 4.74 Å². The summed E-state index contributed by atoms with van der Waals surface area (Å²) < 4.78 is 5.00. The minimum Gasteiger partial charge on any atom is -0.465 e. The number of benzene rings is 1. The molecule has 1 amide bonds. The van der Waals surface area contributed by atoms with Crippen molar-refractivity contribution in [3.8, 4) is 0 Å². The number of anilines is 1. The predicted octanol–water partition coefficient (Wildman–Crippen LogP) is 4.94. The summed E-state index contributed by atoms with van der Waals surface area (Å²) in [6, 6.07) is 9.03. The molecular formula is C21H25NO3S. The molecule has 1 N–H and O–H groups in total. The van der Waals surface area contributed by atoms with Crippen LogP contribution in [0.3, 0.4) is 0 Å². The molecule has 0 spiro atoms. The minimum absolute atomic E-state index is 0.207. The van der Waals surface area contributed by atoms with Crippen LogP contribution in [-0.4, -0.2) is 19.0 Å². The SMILES string of the molecule is COC(=O)c1c(NC(=O)c2ccccc2)sc2c1CC[C@H](C(C)(C)C)C2. The molecule has 1 heterocycles. The van der Waals surface area contributed by atoms with Crippen molar-refractivity contribution in [2.75, 3.05) is 12.4 Å². The smallest absolute Gasteiger partial charge is 0.341 e. The van der Waals surface area contributed by atoms with E-state index in [1.807, 2.05) is 18.2 Å². The molecule has 4 nitrogen and oxygen atoms in total. The fourth-order valence-electron chi connectivity index (χ4n) is 3.50. The number of nitrogens with one attached hydrogen (secondary N) is 1. The number of hydrogen-bond donors (Lipinski definition) is 1. The monoisotopic (exact) mass is 371 g/mol. The Kier molecular flexibility index (Phi) is 5.19. The Morgan fingerprint density at radius 1 is 1.19 bits per heavy atom. The number of fused-ring (bicyclic) bond motifs is 1. The molecule has 0 unspecified atom stereocenters. The van der Waals surface area contributed by atoms with E-state index in [1.54, 1.807) is 12.1 Å². The molecule has 26 heavy (non-hydrogen) atoms. The van der Waals surface area contributed by atoms with Crippen molar-refractivity contribution in [2.24, 2.45) is 11.3 Å². The fourth-order valence-corrected chi connectivity index (χ4v) is 4.81. The third kappa shape index (κ3) is 3.68. The van der Waals surface area contributed by atoms with Gasteiger partial charge in [-0.3, -0.25) is 4.79 Å². The van der Waals surface area contributed by atoms with Gasteiger partial charge in [-0.15, -0.1) is 11.3 Å². The Hall–Kier alpha value is -2.14. The largest absolute Gasteiger partial charge is 0.465 e. The van der Waals surface area contributed by atoms with Crippen LogP contribution in [0.1, 0.15) is 58.3 Å². The first-order valence-electron chi connectivity index (χ1n) is 8.90. The minimum atomic E-state index is -0.375. The number of thiophene rings is 1. The summed E-state index contributed by atoms with van der Waals surface area (Å²) in [5.41, 5.74) is 2.37. The van der Waals surface area contributed by atoms with Gasteiger partial charge in [0.05, 0.1) is 12.7 Å². The number of carbonyl (C=O) groups excluding carboxylic acids is 2. The first-order valence-corrected chi connectivity index (χ1v) is 9.72. The average molecular weight is 372 g/mol. The maximum Gasteiger partial charge on any atom is 0.341 e. The molecular weight excluding hydrogens is 346 g/mol. The van der Waals surface area contributed by atoms with Crippen molar-refractivity contribution < 1.29 is 14.3 Å². The van der Waals surface area contributed by atoms with Gasteiger partial charge in [-0.2, -0.15) is 0 Å². The Bertz CT molecular complexity index is 818. The standard InChI is InChI=1S/C21H25NO3S/c1-21(2,3)14-10-11-15-16(12-14)26-19(17(15)20(24)25-4)22-18(23)13-8-6-5-7-9-13/h5-9,14H,10-12H2,1-4H3,(H,22,23)/t14-/m0/s1. The third-order valence-corrected chi connectivity index (χ3v) is 6.31. The number of amides is 1. The van der Waals surface area contributed by atoms with E-state index < -0.39 is 0 Å².